The number of hydrogen-bond acceptors (Lipinski definition) is 4. The van der Waals surface area contributed by atoms with Crippen LogP contribution >= 0.6 is 0 Å². The molecule has 0 heterocycles. The highest BCUT2D eigenvalue weighted by Crippen LogP contribution is 2.12. The van der Waals surface area contributed by atoms with Crippen molar-refractivity contribution in [2.24, 2.45) is 0 Å². The van der Waals surface area contributed by atoms with Gasteiger partial charge >= 0.3 is 5.97 Å². The van der Waals surface area contributed by atoms with Gasteiger partial charge in [0, 0.05) is 0 Å². The fraction of sp³-hybridized carbons (Fsp3) is 0.0625. The van der Waals surface area contributed by atoms with Gasteiger partial charge in [-0.25, -0.2) is 9.18 Å². The zero-order valence-electron chi connectivity index (χ0n) is 11.4. The van der Waals surface area contributed by atoms with Crippen LogP contribution in [0.1, 0.15) is 15.9 Å². The van der Waals surface area contributed by atoms with E-state index in [1.165, 1.54) is 36.4 Å². The molecule has 22 heavy (non-hydrogen) atoms. The Morgan fingerprint density at radius 1 is 1.18 bits per heavy atom. The molecule has 2 rings (SSSR count). The highest BCUT2D eigenvalue weighted by molar-refractivity contribution is 5.95. The minimum atomic E-state index is -0.735. The van der Waals surface area contributed by atoms with Gasteiger partial charge in [-0.15, -0.1) is 0 Å². The van der Waals surface area contributed by atoms with E-state index in [-0.39, 0.29) is 11.3 Å². The van der Waals surface area contributed by atoms with E-state index in [9.17, 15) is 14.0 Å². The molecule has 2 aromatic carbocycles. The van der Waals surface area contributed by atoms with Gasteiger partial charge < -0.3 is 10.1 Å². The van der Waals surface area contributed by atoms with Crippen LogP contribution in [0.15, 0.2) is 48.5 Å². The first-order valence-electron chi connectivity index (χ1n) is 6.32. The summed E-state index contributed by atoms with van der Waals surface area (Å²) >= 11 is 0. The molecule has 0 aliphatic carbocycles. The Kier molecular flexibility index (Phi) is 4.83. The Labute approximate surface area is 125 Å². The van der Waals surface area contributed by atoms with Gasteiger partial charge in [0.1, 0.15) is 5.82 Å². The van der Waals surface area contributed by atoms with Crippen molar-refractivity contribution >= 4 is 17.6 Å². The Hall–Kier alpha value is -3.20. The van der Waals surface area contributed by atoms with Crippen molar-refractivity contribution in [3.05, 3.63) is 65.5 Å². The van der Waals surface area contributed by atoms with Crippen LogP contribution in [-0.2, 0) is 9.53 Å². The smallest absolute Gasteiger partial charge is 0.338 e. The van der Waals surface area contributed by atoms with Crippen LogP contribution in [0.4, 0.5) is 10.1 Å². The maximum absolute atomic E-state index is 13.3. The molecule has 0 bridgehead atoms. The lowest BCUT2D eigenvalue weighted by atomic mass is 10.1. The Morgan fingerprint density at radius 2 is 1.95 bits per heavy atom. The number of esters is 1. The number of rotatable bonds is 4. The lowest BCUT2D eigenvalue weighted by Gasteiger charge is -2.07. The molecule has 110 valence electrons. The monoisotopic (exact) mass is 298 g/mol. The first-order chi connectivity index (χ1) is 10.6. The first-order valence-corrected chi connectivity index (χ1v) is 6.32. The molecule has 0 saturated heterocycles. The number of anilines is 1. The first kappa shape index (κ1) is 15.2. The van der Waals surface area contributed by atoms with E-state index >= 15 is 0 Å². The predicted octanol–water partition coefficient (Wildman–Crippen LogP) is 2.49. The van der Waals surface area contributed by atoms with Crippen LogP contribution in [-0.4, -0.2) is 18.5 Å². The summed E-state index contributed by atoms with van der Waals surface area (Å²) in [7, 11) is 0. The van der Waals surface area contributed by atoms with Crippen LogP contribution < -0.4 is 5.32 Å². The van der Waals surface area contributed by atoms with E-state index in [4.69, 9.17) is 10.00 Å². The predicted molar refractivity (Wildman–Crippen MR) is 76.5 cm³/mol. The molecule has 5 nitrogen and oxygen atoms in total. The molecule has 0 aliphatic rings. The molecule has 0 spiro atoms. The van der Waals surface area contributed by atoms with Crippen molar-refractivity contribution in [3.63, 3.8) is 0 Å². The number of ether oxygens (including phenoxy) is 1. The fourth-order valence-corrected chi connectivity index (χ4v) is 1.68. The average Bonchev–Trinajstić information content (AvgIpc) is 2.55. The fourth-order valence-electron chi connectivity index (χ4n) is 1.68. The normalized spacial score (nSPS) is 9.64. The third-order valence-electron chi connectivity index (χ3n) is 2.71. The van der Waals surface area contributed by atoms with Crippen molar-refractivity contribution in [2.75, 3.05) is 11.9 Å². The molecular weight excluding hydrogens is 287 g/mol. The number of nitrogens with zero attached hydrogens (tertiary/aromatic N) is 1. The highest BCUT2D eigenvalue weighted by Gasteiger charge is 2.12. The Balaban J connectivity index is 1.92. The van der Waals surface area contributed by atoms with E-state index in [1.807, 2.05) is 6.07 Å². The molecule has 0 radical (unpaired) electrons. The van der Waals surface area contributed by atoms with Gasteiger partial charge in [-0.1, -0.05) is 18.2 Å². The number of amides is 1. The van der Waals surface area contributed by atoms with Gasteiger partial charge in [0.25, 0.3) is 5.91 Å². The zero-order valence-corrected chi connectivity index (χ0v) is 11.4. The van der Waals surface area contributed by atoms with Crippen molar-refractivity contribution in [1.29, 1.82) is 5.26 Å². The average molecular weight is 298 g/mol. The molecule has 0 aromatic heterocycles. The summed E-state index contributed by atoms with van der Waals surface area (Å²) in [6, 6.07) is 13.5. The van der Waals surface area contributed by atoms with Crippen LogP contribution in [0, 0.1) is 17.1 Å². The maximum Gasteiger partial charge on any atom is 0.338 e. The van der Waals surface area contributed by atoms with Gasteiger partial charge in [-0.2, -0.15) is 5.26 Å². The summed E-state index contributed by atoms with van der Waals surface area (Å²) in [6.45, 7) is -0.552. The Bertz CT molecular complexity index is 753. The van der Waals surface area contributed by atoms with Crippen LogP contribution in [0.25, 0.3) is 0 Å². The molecule has 0 saturated carbocycles. The number of carbonyl (C=O) groups excluding carboxylic acids is 2. The third kappa shape index (κ3) is 3.90. The molecule has 0 fully saturated rings. The van der Waals surface area contributed by atoms with Crippen molar-refractivity contribution in [3.8, 4) is 6.07 Å². The Morgan fingerprint density at radius 3 is 2.68 bits per heavy atom. The summed E-state index contributed by atoms with van der Waals surface area (Å²) in [5.74, 6) is -1.97. The van der Waals surface area contributed by atoms with E-state index in [1.54, 1.807) is 12.1 Å². The minimum Gasteiger partial charge on any atom is -0.452 e. The van der Waals surface area contributed by atoms with E-state index < -0.39 is 24.3 Å². The second kappa shape index (κ2) is 6.99. The van der Waals surface area contributed by atoms with Crippen molar-refractivity contribution in [1.82, 2.24) is 0 Å². The molecule has 2 aromatic rings. The topological polar surface area (TPSA) is 79.2 Å². The zero-order chi connectivity index (χ0) is 15.9. The van der Waals surface area contributed by atoms with E-state index in [2.05, 4.69) is 5.32 Å². The number of para-hydroxylation sites is 1. The molecule has 0 aliphatic heterocycles. The van der Waals surface area contributed by atoms with Gasteiger partial charge in [0.05, 0.1) is 22.9 Å². The van der Waals surface area contributed by atoms with Crippen LogP contribution in [0.3, 0.4) is 0 Å². The summed E-state index contributed by atoms with van der Waals surface area (Å²) in [4.78, 5) is 23.4. The number of hydrogen-bond donors (Lipinski definition) is 1. The van der Waals surface area contributed by atoms with Crippen LogP contribution in [0.5, 0.6) is 0 Å². The van der Waals surface area contributed by atoms with E-state index in [0.29, 0.717) is 5.56 Å². The lowest BCUT2D eigenvalue weighted by Crippen LogP contribution is -2.21. The molecule has 6 heteroatoms. The second-order valence-corrected chi connectivity index (χ2v) is 4.30. The number of benzene rings is 2. The lowest BCUT2D eigenvalue weighted by molar-refractivity contribution is -0.119. The van der Waals surface area contributed by atoms with E-state index in [0.717, 1.165) is 0 Å². The third-order valence-corrected chi connectivity index (χ3v) is 2.71. The van der Waals surface area contributed by atoms with Gasteiger partial charge in [-0.05, 0) is 30.3 Å². The van der Waals surface area contributed by atoms with Crippen molar-refractivity contribution < 1.29 is 18.7 Å². The number of nitrogens with one attached hydrogen (secondary N) is 1. The van der Waals surface area contributed by atoms with Gasteiger partial charge in [-0.3, -0.25) is 4.79 Å². The van der Waals surface area contributed by atoms with Crippen molar-refractivity contribution in [2.45, 2.75) is 0 Å². The minimum absolute atomic E-state index is 0.00928. The molecule has 0 atom stereocenters. The SMILES string of the molecule is N#Cc1cccc(C(=O)OCC(=O)Nc2ccccc2F)c1. The molecule has 1 N–H and O–H groups in total. The highest BCUT2D eigenvalue weighted by atomic mass is 19.1. The maximum atomic E-state index is 13.3. The van der Waals surface area contributed by atoms with Crippen LogP contribution in [0.2, 0.25) is 0 Å². The molecular formula is C16H11FN2O3. The second-order valence-electron chi connectivity index (χ2n) is 4.30. The number of carbonyl (C=O) groups is 2. The molecule has 0 unspecified atom stereocenters. The summed E-state index contributed by atoms with van der Waals surface area (Å²) in [5, 5.41) is 11.0. The molecule has 1 amide bonds. The number of nitriles is 1. The van der Waals surface area contributed by atoms with Gasteiger partial charge in [0.2, 0.25) is 0 Å². The van der Waals surface area contributed by atoms with Gasteiger partial charge in [0.15, 0.2) is 6.61 Å². The summed E-state index contributed by atoms with van der Waals surface area (Å²) in [6.07, 6.45) is 0. The number of halogens is 1. The quantitative estimate of drug-likeness (QED) is 0.879. The largest absolute Gasteiger partial charge is 0.452 e. The summed E-state index contributed by atoms with van der Waals surface area (Å²) in [5.41, 5.74) is 0.484. The standard InChI is InChI=1S/C16H11FN2O3/c17-13-6-1-2-7-14(13)19-15(20)10-22-16(21)12-5-3-4-11(8-12)9-18/h1-8H,10H2,(H,19,20). The summed E-state index contributed by atoms with van der Waals surface area (Å²) < 4.78 is 18.2.